The van der Waals surface area contributed by atoms with Gasteiger partial charge in [0.05, 0.1) is 24.9 Å². The van der Waals surface area contributed by atoms with Crippen LogP contribution in [-0.2, 0) is 16.0 Å². The van der Waals surface area contributed by atoms with Crippen molar-refractivity contribution in [2.75, 3.05) is 18.5 Å². The van der Waals surface area contributed by atoms with Crippen LogP contribution < -0.4 is 15.4 Å². The average Bonchev–Trinajstić information content (AvgIpc) is 3.30. The van der Waals surface area contributed by atoms with Crippen LogP contribution in [0.5, 0.6) is 5.75 Å². The number of fused-ring (bicyclic) bond motifs is 1. The molecule has 3 N–H and O–H groups in total. The fourth-order valence-electron chi connectivity index (χ4n) is 3.58. The zero-order valence-electron chi connectivity index (χ0n) is 22.0. The van der Waals surface area contributed by atoms with Crippen molar-refractivity contribution < 1.29 is 24.2 Å². The second kappa shape index (κ2) is 12.2. The summed E-state index contributed by atoms with van der Waals surface area (Å²) in [7, 11) is 0. The van der Waals surface area contributed by atoms with E-state index in [1.54, 1.807) is 35.1 Å². The summed E-state index contributed by atoms with van der Waals surface area (Å²) in [5.74, 6) is 0.0450. The first-order chi connectivity index (χ1) is 18.7. The minimum atomic E-state index is -0.912. The van der Waals surface area contributed by atoms with Gasteiger partial charge in [0.25, 0.3) is 0 Å². The van der Waals surface area contributed by atoms with Gasteiger partial charge in [-0.05, 0) is 75.6 Å². The van der Waals surface area contributed by atoms with Gasteiger partial charge in [-0.15, -0.1) is 5.10 Å². The molecule has 0 bridgehead atoms. The Hall–Kier alpha value is -4.74. The van der Waals surface area contributed by atoms with Crippen molar-refractivity contribution in [3.63, 3.8) is 0 Å². The summed E-state index contributed by atoms with van der Waals surface area (Å²) < 4.78 is 12.3. The van der Waals surface area contributed by atoms with Gasteiger partial charge in [0.15, 0.2) is 11.2 Å². The summed E-state index contributed by atoms with van der Waals surface area (Å²) in [6.07, 6.45) is 2.72. The van der Waals surface area contributed by atoms with E-state index in [4.69, 9.17) is 14.6 Å². The molecule has 204 valence electrons. The van der Waals surface area contributed by atoms with Crippen LogP contribution in [0.25, 0.3) is 16.9 Å². The Morgan fingerprint density at radius 1 is 1.05 bits per heavy atom. The maximum absolute atomic E-state index is 11.7. The van der Waals surface area contributed by atoms with Gasteiger partial charge in [-0.3, -0.25) is 4.79 Å². The van der Waals surface area contributed by atoms with Crippen LogP contribution in [-0.4, -0.2) is 60.9 Å². The molecular formula is C27H31N7O5. The molecule has 2 aromatic heterocycles. The molecule has 4 aromatic rings. The van der Waals surface area contributed by atoms with Crippen molar-refractivity contribution in [3.05, 3.63) is 60.3 Å². The topological polar surface area (TPSA) is 153 Å². The van der Waals surface area contributed by atoms with Gasteiger partial charge in [-0.25, -0.2) is 9.78 Å². The Kier molecular flexibility index (Phi) is 8.54. The fourth-order valence-corrected chi connectivity index (χ4v) is 3.58. The lowest BCUT2D eigenvalue weighted by atomic mass is 10.1. The number of hydrogen-bond donors (Lipinski definition) is 3. The van der Waals surface area contributed by atoms with E-state index in [1.165, 1.54) is 0 Å². The Bertz CT molecular complexity index is 1410. The van der Waals surface area contributed by atoms with Gasteiger partial charge in [0.2, 0.25) is 5.95 Å². The van der Waals surface area contributed by atoms with Crippen LogP contribution in [0.1, 0.15) is 39.2 Å². The number of carbonyl (C=O) groups is 2. The molecule has 12 nitrogen and oxygen atoms in total. The quantitative estimate of drug-likeness (QED) is 0.238. The number of amides is 1. The number of alkyl carbamates (subject to hydrolysis) is 1. The standard InChI is InChI=1S/C27H31N7O5/c1-27(2,3)39-26(37)28-15-4-5-18-6-8-19(9-7-18)30-25-29-17-22-24(31-25)34(33-32-22)20-10-12-21(13-11-20)38-16-14-23(35)36/h6-13,17H,4-5,14-16H2,1-3H3,(H,28,37)(H,35,36)(H,29,30,31). The summed E-state index contributed by atoms with van der Waals surface area (Å²) in [6, 6.07) is 15.0. The van der Waals surface area contributed by atoms with E-state index < -0.39 is 17.7 Å². The zero-order valence-corrected chi connectivity index (χ0v) is 22.0. The van der Waals surface area contributed by atoms with E-state index in [9.17, 15) is 9.59 Å². The number of aromatic nitrogens is 5. The fraction of sp³-hybridized carbons (Fsp3) is 0.333. The highest BCUT2D eigenvalue weighted by Gasteiger charge is 2.15. The first kappa shape index (κ1) is 27.3. The van der Waals surface area contributed by atoms with E-state index >= 15 is 0 Å². The Labute approximate surface area is 225 Å². The lowest BCUT2D eigenvalue weighted by Gasteiger charge is -2.19. The number of hydrogen-bond acceptors (Lipinski definition) is 9. The Morgan fingerprint density at radius 2 is 1.79 bits per heavy atom. The molecule has 0 fully saturated rings. The number of nitrogens with zero attached hydrogens (tertiary/aromatic N) is 5. The molecule has 0 aliphatic heterocycles. The molecule has 4 rings (SSSR count). The number of carboxylic acid groups (broad SMARTS) is 1. The third-order valence-electron chi connectivity index (χ3n) is 5.38. The predicted molar refractivity (Wildman–Crippen MR) is 144 cm³/mol. The van der Waals surface area contributed by atoms with Gasteiger partial charge in [-0.1, -0.05) is 17.3 Å². The van der Waals surface area contributed by atoms with Crippen LogP contribution >= 0.6 is 0 Å². The van der Waals surface area contributed by atoms with Crippen molar-refractivity contribution in [1.29, 1.82) is 0 Å². The van der Waals surface area contributed by atoms with Crippen LogP contribution in [0.4, 0.5) is 16.4 Å². The van der Waals surface area contributed by atoms with Crippen molar-refractivity contribution in [3.8, 4) is 11.4 Å². The van der Waals surface area contributed by atoms with E-state index in [-0.39, 0.29) is 13.0 Å². The van der Waals surface area contributed by atoms with Crippen molar-refractivity contribution in [2.45, 2.75) is 45.6 Å². The molecule has 2 aromatic carbocycles. The second-order valence-corrected chi connectivity index (χ2v) is 9.74. The molecule has 0 saturated heterocycles. The molecular weight excluding hydrogens is 502 g/mol. The highest BCUT2D eigenvalue weighted by atomic mass is 16.6. The highest BCUT2D eigenvalue weighted by molar-refractivity contribution is 5.73. The number of aliphatic carboxylic acids is 1. The molecule has 0 unspecified atom stereocenters. The van der Waals surface area contributed by atoms with E-state index in [2.05, 4.69) is 30.9 Å². The number of nitrogens with one attached hydrogen (secondary N) is 2. The summed E-state index contributed by atoms with van der Waals surface area (Å²) in [6.45, 7) is 6.13. The third-order valence-corrected chi connectivity index (χ3v) is 5.38. The van der Waals surface area contributed by atoms with Crippen LogP contribution in [0.3, 0.4) is 0 Å². The lowest BCUT2D eigenvalue weighted by molar-refractivity contribution is -0.137. The largest absolute Gasteiger partial charge is 0.493 e. The maximum atomic E-state index is 11.7. The lowest BCUT2D eigenvalue weighted by Crippen LogP contribution is -2.33. The van der Waals surface area contributed by atoms with Crippen molar-refractivity contribution in [1.82, 2.24) is 30.3 Å². The smallest absolute Gasteiger partial charge is 0.407 e. The van der Waals surface area contributed by atoms with Gasteiger partial charge >= 0.3 is 12.1 Å². The highest BCUT2D eigenvalue weighted by Crippen LogP contribution is 2.20. The summed E-state index contributed by atoms with van der Waals surface area (Å²) in [4.78, 5) is 31.3. The van der Waals surface area contributed by atoms with Gasteiger partial charge in [-0.2, -0.15) is 9.67 Å². The SMILES string of the molecule is CC(C)(C)OC(=O)NCCCc1ccc(Nc2ncc3nnn(-c4ccc(OCCC(=O)O)cc4)c3n2)cc1. The van der Waals surface area contributed by atoms with Gasteiger partial charge in [0, 0.05) is 12.2 Å². The first-order valence-corrected chi connectivity index (χ1v) is 12.5. The van der Waals surface area contributed by atoms with E-state index in [0.717, 1.165) is 29.8 Å². The van der Waals surface area contributed by atoms with E-state index in [1.807, 2.05) is 45.0 Å². The molecule has 1 amide bonds. The predicted octanol–water partition coefficient (Wildman–Crippen LogP) is 4.26. The summed E-state index contributed by atoms with van der Waals surface area (Å²) in [5.41, 5.74) is 3.24. The number of carboxylic acids is 1. The van der Waals surface area contributed by atoms with Gasteiger partial charge < -0.3 is 25.2 Å². The number of anilines is 2. The molecule has 39 heavy (non-hydrogen) atoms. The molecule has 2 heterocycles. The molecule has 0 atom stereocenters. The zero-order chi connectivity index (χ0) is 27.8. The number of benzene rings is 2. The average molecular weight is 534 g/mol. The second-order valence-electron chi connectivity index (χ2n) is 9.74. The Balaban J connectivity index is 1.34. The number of ether oxygens (including phenoxy) is 2. The molecule has 0 spiro atoms. The normalized spacial score (nSPS) is 11.3. The van der Waals surface area contributed by atoms with Gasteiger partial charge in [0.1, 0.15) is 11.4 Å². The molecule has 0 saturated carbocycles. The molecule has 0 aliphatic rings. The number of aryl methyl sites for hydroxylation is 1. The summed E-state index contributed by atoms with van der Waals surface area (Å²) >= 11 is 0. The third kappa shape index (κ3) is 8.12. The molecule has 0 radical (unpaired) electrons. The monoisotopic (exact) mass is 533 g/mol. The minimum absolute atomic E-state index is 0.0712. The van der Waals surface area contributed by atoms with Crippen LogP contribution in [0.2, 0.25) is 0 Å². The molecule has 0 aliphatic carbocycles. The van der Waals surface area contributed by atoms with Crippen LogP contribution in [0, 0.1) is 0 Å². The summed E-state index contributed by atoms with van der Waals surface area (Å²) in [5, 5.41) is 23.0. The number of carbonyl (C=O) groups excluding carboxylic acids is 1. The first-order valence-electron chi connectivity index (χ1n) is 12.5. The van der Waals surface area contributed by atoms with Crippen molar-refractivity contribution in [2.24, 2.45) is 0 Å². The minimum Gasteiger partial charge on any atom is -0.493 e. The number of rotatable bonds is 11. The molecule has 12 heteroatoms. The van der Waals surface area contributed by atoms with Crippen molar-refractivity contribution >= 4 is 34.9 Å². The van der Waals surface area contributed by atoms with Crippen LogP contribution in [0.15, 0.2) is 54.7 Å². The maximum Gasteiger partial charge on any atom is 0.407 e. The van der Waals surface area contributed by atoms with E-state index in [0.29, 0.717) is 29.4 Å². The Morgan fingerprint density at radius 3 is 2.49 bits per heavy atom.